The molecule has 0 aliphatic carbocycles. The number of imide groups is 1. The first-order valence-corrected chi connectivity index (χ1v) is 7.65. The second-order valence-corrected chi connectivity index (χ2v) is 5.42. The molecule has 4 heteroatoms. The molecular weight excluding hydrogens is 266 g/mol. The zero-order chi connectivity index (χ0) is 15.2. The van der Waals surface area contributed by atoms with Gasteiger partial charge in [-0.2, -0.15) is 0 Å². The van der Waals surface area contributed by atoms with Gasteiger partial charge in [0.05, 0.1) is 11.1 Å². The lowest BCUT2D eigenvalue weighted by molar-refractivity contribution is 0.0650. The van der Waals surface area contributed by atoms with E-state index < -0.39 is 0 Å². The van der Waals surface area contributed by atoms with Crippen molar-refractivity contribution in [3.63, 3.8) is 0 Å². The van der Waals surface area contributed by atoms with Gasteiger partial charge in [-0.1, -0.05) is 51.2 Å². The summed E-state index contributed by atoms with van der Waals surface area (Å²) in [6, 6.07) is 4.83. The number of rotatable bonds is 8. The Labute approximate surface area is 125 Å². The van der Waals surface area contributed by atoms with E-state index in [0.717, 1.165) is 19.3 Å². The van der Waals surface area contributed by atoms with Gasteiger partial charge in [0.15, 0.2) is 6.29 Å². The fourth-order valence-electron chi connectivity index (χ4n) is 2.71. The van der Waals surface area contributed by atoms with Crippen molar-refractivity contribution in [3.8, 4) is 0 Å². The van der Waals surface area contributed by atoms with Gasteiger partial charge in [-0.3, -0.25) is 19.3 Å². The van der Waals surface area contributed by atoms with E-state index in [9.17, 15) is 14.4 Å². The number of unbranched alkanes of at least 4 members (excludes halogenated alkanes) is 5. The molecule has 0 unspecified atom stereocenters. The van der Waals surface area contributed by atoms with Crippen molar-refractivity contribution in [2.24, 2.45) is 0 Å². The minimum Gasteiger partial charge on any atom is -0.298 e. The van der Waals surface area contributed by atoms with Crippen LogP contribution in [0.15, 0.2) is 18.2 Å². The third kappa shape index (κ3) is 3.20. The van der Waals surface area contributed by atoms with E-state index in [4.69, 9.17) is 0 Å². The van der Waals surface area contributed by atoms with Gasteiger partial charge in [-0.05, 0) is 12.5 Å². The predicted molar refractivity (Wildman–Crippen MR) is 80.6 cm³/mol. The van der Waals surface area contributed by atoms with Gasteiger partial charge in [0.2, 0.25) is 0 Å². The number of carbonyl (C=O) groups is 3. The van der Waals surface area contributed by atoms with E-state index in [2.05, 4.69) is 6.92 Å². The summed E-state index contributed by atoms with van der Waals surface area (Å²) in [7, 11) is 0. The number of fused-ring (bicyclic) bond motifs is 1. The summed E-state index contributed by atoms with van der Waals surface area (Å²) >= 11 is 0. The summed E-state index contributed by atoms with van der Waals surface area (Å²) in [4.78, 5) is 36.8. The molecule has 112 valence electrons. The zero-order valence-electron chi connectivity index (χ0n) is 12.4. The number of aldehydes is 1. The first-order valence-electron chi connectivity index (χ1n) is 7.65. The molecule has 0 atom stereocenters. The van der Waals surface area contributed by atoms with Crippen molar-refractivity contribution in [3.05, 3.63) is 34.9 Å². The van der Waals surface area contributed by atoms with Gasteiger partial charge in [0, 0.05) is 12.1 Å². The van der Waals surface area contributed by atoms with E-state index >= 15 is 0 Å². The van der Waals surface area contributed by atoms with E-state index in [1.165, 1.54) is 24.2 Å². The van der Waals surface area contributed by atoms with Gasteiger partial charge in [0.1, 0.15) is 0 Å². The third-order valence-corrected chi connectivity index (χ3v) is 3.89. The molecule has 1 aromatic carbocycles. The molecule has 0 saturated carbocycles. The maximum Gasteiger partial charge on any atom is 0.262 e. The minimum absolute atomic E-state index is 0.267. The second-order valence-electron chi connectivity index (χ2n) is 5.42. The monoisotopic (exact) mass is 287 g/mol. The largest absolute Gasteiger partial charge is 0.298 e. The molecule has 0 fully saturated rings. The van der Waals surface area contributed by atoms with Crippen LogP contribution in [-0.2, 0) is 0 Å². The molecule has 0 aromatic heterocycles. The number of amides is 2. The number of hydrogen-bond acceptors (Lipinski definition) is 3. The Hall–Kier alpha value is -1.97. The molecular formula is C17H21NO3. The van der Waals surface area contributed by atoms with Crippen molar-refractivity contribution in [2.75, 3.05) is 6.54 Å². The minimum atomic E-state index is -0.328. The number of hydrogen-bond donors (Lipinski definition) is 0. The molecule has 2 rings (SSSR count). The van der Waals surface area contributed by atoms with Gasteiger partial charge in [0.25, 0.3) is 11.8 Å². The molecule has 2 amide bonds. The Morgan fingerprint density at radius 3 is 2.43 bits per heavy atom. The summed E-state index contributed by atoms with van der Waals surface area (Å²) < 4.78 is 0. The number of carbonyl (C=O) groups excluding carboxylic acids is 3. The van der Waals surface area contributed by atoms with Gasteiger partial charge < -0.3 is 0 Å². The van der Waals surface area contributed by atoms with Crippen LogP contribution in [0.2, 0.25) is 0 Å². The molecule has 0 radical (unpaired) electrons. The van der Waals surface area contributed by atoms with Crippen LogP contribution >= 0.6 is 0 Å². The average molecular weight is 287 g/mol. The quantitative estimate of drug-likeness (QED) is 0.418. The second kappa shape index (κ2) is 7.16. The molecule has 0 spiro atoms. The molecule has 0 bridgehead atoms. The summed E-state index contributed by atoms with van der Waals surface area (Å²) in [5.74, 6) is -0.599. The highest BCUT2D eigenvalue weighted by atomic mass is 16.2. The highest BCUT2D eigenvalue weighted by Crippen LogP contribution is 2.25. The van der Waals surface area contributed by atoms with Crippen molar-refractivity contribution in [1.29, 1.82) is 0 Å². The Bertz CT molecular complexity index is 551. The number of benzene rings is 1. The van der Waals surface area contributed by atoms with Crippen molar-refractivity contribution >= 4 is 18.1 Å². The van der Waals surface area contributed by atoms with Crippen LogP contribution < -0.4 is 0 Å². The Balaban J connectivity index is 1.97. The zero-order valence-corrected chi connectivity index (χ0v) is 12.4. The predicted octanol–water partition coefficient (Wildman–Crippen LogP) is 3.46. The average Bonchev–Trinajstić information content (AvgIpc) is 2.75. The molecule has 1 aromatic rings. The molecule has 4 nitrogen and oxygen atoms in total. The summed E-state index contributed by atoms with van der Waals surface area (Å²) in [6.45, 7) is 2.61. The Kier molecular flexibility index (Phi) is 5.26. The van der Waals surface area contributed by atoms with Crippen molar-refractivity contribution in [2.45, 2.75) is 45.4 Å². The topological polar surface area (TPSA) is 54.5 Å². The summed E-state index contributed by atoms with van der Waals surface area (Å²) in [5, 5.41) is 0. The van der Waals surface area contributed by atoms with Gasteiger partial charge >= 0.3 is 0 Å². The van der Waals surface area contributed by atoms with E-state index in [-0.39, 0.29) is 17.4 Å². The highest BCUT2D eigenvalue weighted by Gasteiger charge is 2.36. The van der Waals surface area contributed by atoms with Crippen LogP contribution in [0, 0.1) is 0 Å². The van der Waals surface area contributed by atoms with Crippen LogP contribution in [0.25, 0.3) is 0 Å². The molecule has 0 N–H and O–H groups in total. The molecule has 1 heterocycles. The first kappa shape index (κ1) is 15.4. The van der Waals surface area contributed by atoms with Crippen LogP contribution in [0.3, 0.4) is 0 Å². The number of nitrogens with zero attached hydrogens (tertiary/aromatic N) is 1. The van der Waals surface area contributed by atoms with E-state index in [1.54, 1.807) is 18.2 Å². The normalized spacial score (nSPS) is 13.7. The van der Waals surface area contributed by atoms with Crippen molar-refractivity contribution in [1.82, 2.24) is 4.90 Å². The van der Waals surface area contributed by atoms with Crippen LogP contribution in [0.5, 0.6) is 0 Å². The van der Waals surface area contributed by atoms with Gasteiger partial charge in [-0.15, -0.1) is 0 Å². The SMILES string of the molecule is CCCCCCCCN1C(=O)c2cccc(C=O)c2C1=O. The molecule has 1 aliphatic rings. The molecule has 0 saturated heterocycles. The smallest absolute Gasteiger partial charge is 0.262 e. The molecule has 21 heavy (non-hydrogen) atoms. The lowest BCUT2D eigenvalue weighted by Gasteiger charge is -2.13. The third-order valence-electron chi connectivity index (χ3n) is 3.89. The maximum absolute atomic E-state index is 12.3. The first-order chi connectivity index (χ1) is 10.2. The fraction of sp³-hybridized carbons (Fsp3) is 0.471. The molecule has 1 aliphatic heterocycles. The van der Waals surface area contributed by atoms with Crippen LogP contribution in [-0.4, -0.2) is 29.5 Å². The summed E-state index contributed by atoms with van der Waals surface area (Å²) in [5.41, 5.74) is 0.926. The van der Waals surface area contributed by atoms with Crippen LogP contribution in [0.4, 0.5) is 0 Å². The standard InChI is InChI=1S/C17H21NO3/c1-2-3-4-5-6-7-11-18-16(20)14-10-8-9-13(12-19)15(14)17(18)21/h8-10,12H,2-7,11H2,1H3. The Morgan fingerprint density at radius 1 is 1.00 bits per heavy atom. The maximum atomic E-state index is 12.3. The highest BCUT2D eigenvalue weighted by molar-refractivity contribution is 6.23. The van der Waals surface area contributed by atoms with E-state index in [1.807, 2.05) is 0 Å². The lowest BCUT2D eigenvalue weighted by atomic mass is 10.0. The van der Waals surface area contributed by atoms with Crippen LogP contribution in [0.1, 0.15) is 76.5 Å². The lowest BCUT2D eigenvalue weighted by Crippen LogP contribution is -2.30. The Morgan fingerprint density at radius 2 is 1.71 bits per heavy atom. The van der Waals surface area contributed by atoms with Gasteiger partial charge in [-0.25, -0.2) is 0 Å². The summed E-state index contributed by atoms with van der Waals surface area (Å²) in [6.07, 6.45) is 7.25. The fourth-order valence-corrected chi connectivity index (χ4v) is 2.71. The van der Waals surface area contributed by atoms with E-state index in [0.29, 0.717) is 24.0 Å². The van der Waals surface area contributed by atoms with Crippen molar-refractivity contribution < 1.29 is 14.4 Å².